The number of rotatable bonds is 6. The minimum atomic E-state index is -0.540. The van der Waals surface area contributed by atoms with Gasteiger partial charge in [-0.15, -0.1) is 11.3 Å². The molecule has 0 saturated carbocycles. The third-order valence-corrected chi connectivity index (χ3v) is 6.01. The molecule has 9 nitrogen and oxygen atoms in total. The number of methoxy groups -OCH3 is 3. The average molecular weight is 470 g/mol. The number of benzene rings is 2. The number of hydrogen-bond donors (Lipinski definition) is 2. The first-order valence-electron chi connectivity index (χ1n) is 10.0. The summed E-state index contributed by atoms with van der Waals surface area (Å²) in [5, 5.41) is 6.10. The lowest BCUT2D eigenvalue weighted by Gasteiger charge is -2.23. The molecule has 0 fully saturated rings. The Kier molecular flexibility index (Phi) is 6.10. The van der Waals surface area contributed by atoms with Crippen LogP contribution in [0, 0.1) is 6.92 Å². The fourth-order valence-corrected chi connectivity index (χ4v) is 4.29. The highest BCUT2D eigenvalue weighted by molar-refractivity contribution is 7.16. The van der Waals surface area contributed by atoms with Crippen LogP contribution in [0.2, 0.25) is 0 Å². The molecule has 1 aliphatic heterocycles. The number of anilines is 2. The summed E-state index contributed by atoms with van der Waals surface area (Å²) in [5.41, 5.74) is 2.43. The van der Waals surface area contributed by atoms with Gasteiger partial charge in [-0.3, -0.25) is 14.9 Å². The van der Waals surface area contributed by atoms with Crippen molar-refractivity contribution in [3.05, 3.63) is 40.8 Å². The van der Waals surface area contributed by atoms with Crippen LogP contribution in [0.15, 0.2) is 30.3 Å². The maximum absolute atomic E-state index is 12.9. The zero-order valence-corrected chi connectivity index (χ0v) is 19.6. The SMILES string of the molecule is COc1cc(C(=O)Nc2nc(-c3ccc4c(c3)NC(=O)[C@H](C)O4)c(C)s2)cc(OC)c1OC. The third kappa shape index (κ3) is 4.29. The van der Waals surface area contributed by atoms with E-state index in [0.29, 0.717) is 45.1 Å². The van der Waals surface area contributed by atoms with E-state index in [-0.39, 0.29) is 11.8 Å². The van der Waals surface area contributed by atoms with Crippen LogP contribution in [0.25, 0.3) is 11.3 Å². The van der Waals surface area contributed by atoms with Crippen LogP contribution >= 0.6 is 11.3 Å². The lowest BCUT2D eigenvalue weighted by molar-refractivity contribution is -0.122. The smallest absolute Gasteiger partial charge is 0.265 e. The molecule has 4 rings (SSSR count). The molecule has 1 atom stereocenters. The van der Waals surface area contributed by atoms with E-state index in [4.69, 9.17) is 18.9 Å². The van der Waals surface area contributed by atoms with E-state index < -0.39 is 6.10 Å². The monoisotopic (exact) mass is 469 g/mol. The molecule has 0 saturated heterocycles. The van der Waals surface area contributed by atoms with Crippen molar-refractivity contribution in [2.24, 2.45) is 0 Å². The molecule has 0 spiro atoms. The molecule has 0 unspecified atom stereocenters. The Morgan fingerprint density at radius 3 is 2.45 bits per heavy atom. The van der Waals surface area contributed by atoms with Gasteiger partial charge in [0.2, 0.25) is 5.75 Å². The van der Waals surface area contributed by atoms with Crippen molar-refractivity contribution in [1.82, 2.24) is 4.98 Å². The van der Waals surface area contributed by atoms with Gasteiger partial charge in [-0.05, 0) is 44.2 Å². The summed E-state index contributed by atoms with van der Waals surface area (Å²) in [7, 11) is 4.48. The molecule has 10 heteroatoms. The van der Waals surface area contributed by atoms with Crippen molar-refractivity contribution in [3.8, 4) is 34.3 Å². The largest absolute Gasteiger partial charge is 0.493 e. The Morgan fingerprint density at radius 2 is 1.82 bits per heavy atom. The second-order valence-corrected chi connectivity index (χ2v) is 8.46. The maximum Gasteiger partial charge on any atom is 0.265 e. The van der Waals surface area contributed by atoms with Crippen LogP contribution in [0.1, 0.15) is 22.2 Å². The van der Waals surface area contributed by atoms with E-state index in [2.05, 4.69) is 15.6 Å². The second-order valence-electron chi connectivity index (χ2n) is 7.25. The Hall–Kier alpha value is -3.79. The Bertz CT molecular complexity index is 1210. The van der Waals surface area contributed by atoms with Crippen LogP contribution in [-0.4, -0.2) is 44.2 Å². The summed E-state index contributed by atoms with van der Waals surface area (Å²) < 4.78 is 21.6. The van der Waals surface area contributed by atoms with Gasteiger partial charge >= 0.3 is 0 Å². The van der Waals surface area contributed by atoms with Crippen molar-refractivity contribution >= 4 is 34.0 Å². The van der Waals surface area contributed by atoms with Gasteiger partial charge in [0, 0.05) is 16.0 Å². The molecule has 33 heavy (non-hydrogen) atoms. The summed E-state index contributed by atoms with van der Waals surface area (Å²) >= 11 is 1.35. The van der Waals surface area contributed by atoms with Gasteiger partial charge in [0.15, 0.2) is 22.7 Å². The van der Waals surface area contributed by atoms with Crippen molar-refractivity contribution in [2.45, 2.75) is 20.0 Å². The summed E-state index contributed by atoms with van der Waals surface area (Å²) in [6, 6.07) is 8.63. The summed E-state index contributed by atoms with van der Waals surface area (Å²) in [6.45, 7) is 3.61. The highest BCUT2D eigenvalue weighted by Crippen LogP contribution is 2.39. The van der Waals surface area contributed by atoms with Gasteiger partial charge in [-0.1, -0.05) is 0 Å². The standard InChI is InChI=1S/C23H23N3O6S/c1-11-21(27)24-15-8-13(6-7-16(15)32-11)19-12(2)33-23(25-19)26-22(28)14-9-17(29-3)20(31-5)18(10-14)30-4/h6-11H,1-5H3,(H,24,27)(H,25,26,28)/t11-/m0/s1. The number of aromatic nitrogens is 1. The quantitative estimate of drug-likeness (QED) is 0.559. The third-order valence-electron chi connectivity index (χ3n) is 5.13. The van der Waals surface area contributed by atoms with Gasteiger partial charge in [0.25, 0.3) is 11.8 Å². The molecular formula is C23H23N3O6S. The van der Waals surface area contributed by atoms with E-state index in [1.165, 1.54) is 32.7 Å². The Morgan fingerprint density at radius 1 is 1.12 bits per heavy atom. The number of carbonyl (C=O) groups is 2. The van der Waals surface area contributed by atoms with Gasteiger partial charge in [-0.25, -0.2) is 4.98 Å². The van der Waals surface area contributed by atoms with Crippen molar-refractivity contribution in [1.29, 1.82) is 0 Å². The minimum absolute atomic E-state index is 0.201. The number of nitrogens with zero attached hydrogens (tertiary/aromatic N) is 1. The minimum Gasteiger partial charge on any atom is -0.493 e. The first-order chi connectivity index (χ1) is 15.8. The number of ether oxygens (including phenoxy) is 4. The zero-order chi connectivity index (χ0) is 23.7. The predicted molar refractivity (Wildman–Crippen MR) is 125 cm³/mol. The zero-order valence-electron chi connectivity index (χ0n) is 18.8. The normalized spacial score (nSPS) is 14.6. The molecule has 3 aromatic rings. The number of carbonyl (C=O) groups excluding carboxylic acids is 2. The van der Waals surface area contributed by atoms with Crippen molar-refractivity contribution in [2.75, 3.05) is 32.0 Å². The van der Waals surface area contributed by atoms with E-state index in [9.17, 15) is 9.59 Å². The van der Waals surface area contributed by atoms with Gasteiger partial charge in [-0.2, -0.15) is 0 Å². The predicted octanol–water partition coefficient (Wildman–Crippen LogP) is 4.12. The molecule has 0 bridgehead atoms. The number of hydrogen-bond acceptors (Lipinski definition) is 8. The topological polar surface area (TPSA) is 108 Å². The van der Waals surface area contributed by atoms with Crippen LogP contribution in [0.4, 0.5) is 10.8 Å². The maximum atomic E-state index is 12.9. The van der Waals surface area contributed by atoms with Crippen LogP contribution in [-0.2, 0) is 4.79 Å². The van der Waals surface area contributed by atoms with Crippen LogP contribution < -0.4 is 29.6 Å². The Labute approximate surface area is 194 Å². The highest BCUT2D eigenvalue weighted by atomic mass is 32.1. The van der Waals surface area contributed by atoms with E-state index >= 15 is 0 Å². The summed E-state index contributed by atoms with van der Waals surface area (Å²) in [5.74, 6) is 1.20. The molecule has 0 radical (unpaired) electrons. The molecule has 1 aromatic heterocycles. The van der Waals surface area contributed by atoms with E-state index in [1.54, 1.807) is 25.1 Å². The molecule has 0 aliphatic carbocycles. The molecule has 2 N–H and O–H groups in total. The van der Waals surface area contributed by atoms with E-state index in [1.807, 2.05) is 19.1 Å². The van der Waals surface area contributed by atoms with Crippen molar-refractivity contribution < 1.29 is 28.5 Å². The first-order valence-corrected chi connectivity index (χ1v) is 10.9. The number of fused-ring (bicyclic) bond motifs is 1. The van der Waals surface area contributed by atoms with Crippen LogP contribution in [0.3, 0.4) is 0 Å². The fourth-order valence-electron chi connectivity index (χ4n) is 3.46. The van der Waals surface area contributed by atoms with Crippen molar-refractivity contribution in [3.63, 3.8) is 0 Å². The molecule has 2 heterocycles. The van der Waals surface area contributed by atoms with Gasteiger partial charge in [0.1, 0.15) is 5.75 Å². The summed E-state index contributed by atoms with van der Waals surface area (Å²) in [4.78, 5) is 30.3. The number of nitrogens with one attached hydrogen (secondary N) is 2. The molecule has 2 aromatic carbocycles. The summed E-state index contributed by atoms with van der Waals surface area (Å²) in [6.07, 6.45) is -0.540. The molecular weight excluding hydrogens is 446 g/mol. The fraction of sp³-hybridized carbons (Fsp3) is 0.261. The number of aryl methyl sites for hydroxylation is 1. The molecule has 172 valence electrons. The Balaban J connectivity index is 1.59. The number of amides is 2. The first kappa shape index (κ1) is 22.4. The van der Waals surface area contributed by atoms with E-state index in [0.717, 1.165) is 10.4 Å². The lowest BCUT2D eigenvalue weighted by atomic mass is 10.1. The van der Waals surface area contributed by atoms with Gasteiger partial charge < -0.3 is 24.3 Å². The number of thiazole rings is 1. The molecule has 2 amide bonds. The second kappa shape index (κ2) is 8.99. The highest BCUT2D eigenvalue weighted by Gasteiger charge is 2.24. The average Bonchev–Trinajstić information content (AvgIpc) is 3.18. The molecule has 1 aliphatic rings. The lowest BCUT2D eigenvalue weighted by Crippen LogP contribution is -2.34. The van der Waals surface area contributed by atoms with Gasteiger partial charge in [0.05, 0.1) is 32.7 Å². The van der Waals surface area contributed by atoms with Crippen LogP contribution in [0.5, 0.6) is 23.0 Å².